The molecule has 6 nitrogen and oxygen atoms in total. The van der Waals surface area contributed by atoms with Crippen LogP contribution in [0.3, 0.4) is 0 Å². The number of alkyl halides is 1. The third kappa shape index (κ3) is 7.81. The van der Waals surface area contributed by atoms with Crippen LogP contribution in [0.4, 0.5) is 0 Å². The standard InChI is InChI=1S/C25H35BrClN3O3/c1-18(28)23(17-31)30(29)13-5-15-32-21-9-6-19(7-10-21)25(2,3)20-8-11-24(22(26)16-20)33-14-4-12-27/h6-11,16,31H,4-5,12-15,17,28-29H2,1-3H3/b23-18-. The fourth-order valence-corrected chi connectivity index (χ4v) is 3.98. The summed E-state index contributed by atoms with van der Waals surface area (Å²) in [5.41, 5.74) is 8.94. The summed E-state index contributed by atoms with van der Waals surface area (Å²) in [5.74, 6) is 8.16. The average Bonchev–Trinajstić information content (AvgIpc) is 2.78. The lowest BCUT2D eigenvalue weighted by Gasteiger charge is -2.27. The van der Waals surface area contributed by atoms with Crippen molar-refractivity contribution in [1.29, 1.82) is 0 Å². The second kappa shape index (κ2) is 13.1. The van der Waals surface area contributed by atoms with Crippen LogP contribution in [0.25, 0.3) is 0 Å². The maximum Gasteiger partial charge on any atom is 0.133 e. The molecule has 182 valence electrons. The van der Waals surface area contributed by atoms with Crippen molar-refractivity contribution in [2.75, 3.05) is 32.2 Å². The van der Waals surface area contributed by atoms with Gasteiger partial charge in [-0.1, -0.05) is 32.0 Å². The number of allylic oxidation sites excluding steroid dienone is 1. The molecule has 0 aliphatic rings. The Balaban J connectivity index is 1.95. The van der Waals surface area contributed by atoms with Crippen LogP contribution in [0.1, 0.15) is 44.7 Å². The Kier molecular flexibility index (Phi) is 10.8. The van der Waals surface area contributed by atoms with Gasteiger partial charge < -0.3 is 25.3 Å². The van der Waals surface area contributed by atoms with Gasteiger partial charge in [0.25, 0.3) is 0 Å². The Morgan fingerprint density at radius 1 is 1.06 bits per heavy atom. The molecule has 0 saturated heterocycles. The lowest BCUT2D eigenvalue weighted by molar-refractivity contribution is 0.230. The zero-order valence-electron chi connectivity index (χ0n) is 19.6. The molecule has 0 unspecified atom stereocenters. The Morgan fingerprint density at radius 2 is 1.70 bits per heavy atom. The Labute approximate surface area is 210 Å². The molecule has 0 amide bonds. The van der Waals surface area contributed by atoms with E-state index in [1.54, 1.807) is 6.92 Å². The summed E-state index contributed by atoms with van der Waals surface area (Å²) in [5, 5.41) is 10.8. The van der Waals surface area contributed by atoms with Crippen LogP contribution in [-0.2, 0) is 5.41 Å². The van der Waals surface area contributed by atoms with E-state index < -0.39 is 0 Å². The Bertz CT molecular complexity index is 916. The van der Waals surface area contributed by atoms with Crippen LogP contribution >= 0.6 is 27.5 Å². The number of benzene rings is 2. The summed E-state index contributed by atoms with van der Waals surface area (Å²) in [6, 6.07) is 14.4. The molecule has 33 heavy (non-hydrogen) atoms. The van der Waals surface area contributed by atoms with Crippen molar-refractivity contribution in [2.24, 2.45) is 11.6 Å². The summed E-state index contributed by atoms with van der Waals surface area (Å²) < 4.78 is 12.6. The van der Waals surface area contributed by atoms with E-state index in [0.717, 1.165) is 22.4 Å². The monoisotopic (exact) mass is 539 g/mol. The number of halogens is 2. The van der Waals surface area contributed by atoms with Crippen LogP contribution in [0.2, 0.25) is 0 Å². The number of ether oxygens (including phenoxy) is 2. The highest BCUT2D eigenvalue weighted by Crippen LogP contribution is 2.36. The van der Waals surface area contributed by atoms with E-state index in [9.17, 15) is 5.11 Å². The van der Waals surface area contributed by atoms with Gasteiger partial charge in [0.05, 0.1) is 30.0 Å². The molecule has 0 aliphatic heterocycles. The molecule has 0 spiro atoms. The van der Waals surface area contributed by atoms with Gasteiger partial charge in [-0.25, -0.2) is 5.84 Å². The number of aliphatic hydroxyl groups is 1. The Hall–Kier alpha value is -1.93. The van der Waals surface area contributed by atoms with Crippen molar-refractivity contribution < 1.29 is 14.6 Å². The zero-order chi connectivity index (χ0) is 24.4. The number of aliphatic hydroxyl groups excluding tert-OH is 1. The maximum atomic E-state index is 9.34. The normalized spacial score (nSPS) is 12.3. The van der Waals surface area contributed by atoms with Gasteiger partial charge in [0.2, 0.25) is 0 Å². The highest BCUT2D eigenvalue weighted by Gasteiger charge is 2.24. The van der Waals surface area contributed by atoms with Crippen molar-refractivity contribution in [3.63, 3.8) is 0 Å². The number of nitrogens with zero attached hydrogens (tertiary/aromatic N) is 1. The van der Waals surface area contributed by atoms with E-state index in [1.165, 1.54) is 16.1 Å². The van der Waals surface area contributed by atoms with E-state index in [4.69, 9.17) is 32.7 Å². The minimum Gasteiger partial charge on any atom is -0.494 e. The first-order valence-electron chi connectivity index (χ1n) is 11.0. The summed E-state index contributed by atoms with van der Waals surface area (Å²) in [7, 11) is 0. The molecule has 0 saturated carbocycles. The van der Waals surface area contributed by atoms with Gasteiger partial charge >= 0.3 is 0 Å². The fourth-order valence-electron chi connectivity index (χ4n) is 3.38. The summed E-state index contributed by atoms with van der Waals surface area (Å²) in [6.45, 7) is 7.57. The van der Waals surface area contributed by atoms with Crippen molar-refractivity contribution in [2.45, 2.75) is 39.0 Å². The van der Waals surface area contributed by atoms with Gasteiger partial charge in [0, 0.05) is 30.0 Å². The summed E-state index contributed by atoms with van der Waals surface area (Å²) >= 11 is 9.35. The molecule has 0 aromatic heterocycles. The molecule has 2 aromatic rings. The number of rotatable bonds is 13. The van der Waals surface area contributed by atoms with Crippen LogP contribution in [-0.4, -0.2) is 42.4 Å². The second-order valence-corrected chi connectivity index (χ2v) is 9.60. The van der Waals surface area contributed by atoms with Crippen molar-refractivity contribution >= 4 is 27.5 Å². The number of nitrogens with two attached hydrogens (primary N) is 2. The van der Waals surface area contributed by atoms with Gasteiger partial charge in [0.15, 0.2) is 0 Å². The number of hydrazine groups is 1. The topological polar surface area (TPSA) is 94.0 Å². The molecule has 5 N–H and O–H groups in total. The quantitative estimate of drug-likeness (QED) is 0.145. The maximum absolute atomic E-state index is 9.34. The first-order chi connectivity index (χ1) is 15.7. The van der Waals surface area contributed by atoms with Gasteiger partial charge in [-0.05, 0) is 64.7 Å². The van der Waals surface area contributed by atoms with Crippen molar-refractivity contribution in [3.05, 3.63) is 69.5 Å². The summed E-state index contributed by atoms with van der Waals surface area (Å²) in [4.78, 5) is 0. The van der Waals surface area contributed by atoms with Gasteiger partial charge in [0.1, 0.15) is 11.5 Å². The van der Waals surface area contributed by atoms with Crippen LogP contribution in [0.15, 0.2) is 58.3 Å². The molecule has 0 aliphatic carbocycles. The SMILES string of the molecule is C/C(N)=C(\CO)N(N)CCCOc1ccc(C(C)(C)c2ccc(OCCCCl)c(Br)c2)cc1. The predicted molar refractivity (Wildman–Crippen MR) is 139 cm³/mol. The van der Waals surface area contributed by atoms with Crippen molar-refractivity contribution in [3.8, 4) is 11.5 Å². The molecule has 2 aromatic carbocycles. The minimum absolute atomic E-state index is 0.183. The van der Waals surface area contributed by atoms with E-state index in [-0.39, 0.29) is 12.0 Å². The first kappa shape index (κ1) is 27.3. The lowest BCUT2D eigenvalue weighted by Crippen LogP contribution is -2.35. The van der Waals surface area contributed by atoms with Crippen molar-refractivity contribution in [1.82, 2.24) is 5.01 Å². The smallest absolute Gasteiger partial charge is 0.133 e. The van der Waals surface area contributed by atoms with Crippen LogP contribution in [0, 0.1) is 0 Å². The molecule has 0 heterocycles. The third-order valence-corrected chi connectivity index (χ3v) is 6.42. The van der Waals surface area contributed by atoms with E-state index in [0.29, 0.717) is 43.5 Å². The molecule has 2 rings (SSSR count). The largest absolute Gasteiger partial charge is 0.494 e. The minimum atomic E-state index is -0.192. The number of hydrogen-bond donors (Lipinski definition) is 3. The molecule has 8 heteroatoms. The molecular formula is C25H35BrClN3O3. The molecule has 0 bridgehead atoms. The van der Waals surface area contributed by atoms with E-state index in [1.807, 2.05) is 18.2 Å². The van der Waals surface area contributed by atoms with E-state index >= 15 is 0 Å². The average molecular weight is 541 g/mol. The molecule has 0 radical (unpaired) electrons. The third-order valence-electron chi connectivity index (χ3n) is 5.53. The van der Waals surface area contributed by atoms with E-state index in [2.05, 4.69) is 54.0 Å². The molecule has 0 atom stereocenters. The number of hydrogen-bond acceptors (Lipinski definition) is 6. The fraction of sp³-hybridized carbons (Fsp3) is 0.440. The van der Waals surface area contributed by atoms with Crippen LogP contribution in [0.5, 0.6) is 11.5 Å². The molecule has 0 fully saturated rings. The van der Waals surface area contributed by atoms with Gasteiger partial charge in [-0.15, -0.1) is 11.6 Å². The lowest BCUT2D eigenvalue weighted by atomic mass is 9.78. The van der Waals surface area contributed by atoms with Crippen LogP contribution < -0.4 is 21.1 Å². The first-order valence-corrected chi connectivity index (χ1v) is 12.3. The molecular weight excluding hydrogens is 506 g/mol. The highest BCUT2D eigenvalue weighted by molar-refractivity contribution is 9.10. The highest BCUT2D eigenvalue weighted by atomic mass is 79.9. The predicted octanol–water partition coefficient (Wildman–Crippen LogP) is 4.91. The van der Waals surface area contributed by atoms with Gasteiger partial charge in [-0.3, -0.25) is 0 Å². The summed E-state index contributed by atoms with van der Waals surface area (Å²) in [6.07, 6.45) is 1.52. The Morgan fingerprint density at radius 3 is 2.27 bits per heavy atom. The second-order valence-electron chi connectivity index (χ2n) is 8.37. The zero-order valence-corrected chi connectivity index (χ0v) is 22.0. The van der Waals surface area contributed by atoms with Gasteiger partial charge in [-0.2, -0.15) is 0 Å².